The van der Waals surface area contributed by atoms with Gasteiger partial charge in [0.15, 0.2) is 0 Å². The van der Waals surface area contributed by atoms with E-state index in [0.717, 1.165) is 19.5 Å². The molecule has 1 aromatic heterocycles. The van der Waals surface area contributed by atoms with Gasteiger partial charge in [0, 0.05) is 25.0 Å². The molecule has 0 bridgehead atoms. The highest BCUT2D eigenvalue weighted by Gasteiger charge is 2.21. The van der Waals surface area contributed by atoms with Crippen LogP contribution in [-0.2, 0) is 0 Å². The standard InChI is InChI=1S/C13H20N4O/c1-2-11(17-7-3-4-8-17)9-16-13(18)12-10-14-5-6-15-12/h5-6,10-11H,2-4,7-9H2,1H3,(H,16,18)/t11-/m0/s1. The smallest absolute Gasteiger partial charge is 0.271 e. The molecule has 0 saturated carbocycles. The Hall–Kier alpha value is -1.49. The molecule has 1 amide bonds. The first kappa shape index (κ1) is 13.0. The molecular weight excluding hydrogens is 228 g/mol. The molecule has 18 heavy (non-hydrogen) atoms. The summed E-state index contributed by atoms with van der Waals surface area (Å²) < 4.78 is 0. The van der Waals surface area contributed by atoms with Crippen molar-refractivity contribution in [2.45, 2.75) is 32.2 Å². The predicted octanol–water partition coefficient (Wildman–Crippen LogP) is 1.08. The second kappa shape index (κ2) is 6.44. The Bertz CT molecular complexity index is 376. The second-order valence-corrected chi connectivity index (χ2v) is 4.61. The highest BCUT2D eigenvalue weighted by molar-refractivity contribution is 5.91. The Morgan fingerprint density at radius 1 is 1.44 bits per heavy atom. The van der Waals surface area contributed by atoms with Crippen molar-refractivity contribution < 1.29 is 4.79 Å². The first-order valence-corrected chi connectivity index (χ1v) is 6.59. The number of amides is 1. The highest BCUT2D eigenvalue weighted by atomic mass is 16.1. The molecular formula is C13H20N4O. The van der Waals surface area contributed by atoms with E-state index >= 15 is 0 Å². The summed E-state index contributed by atoms with van der Waals surface area (Å²) in [6.45, 7) is 5.16. The predicted molar refractivity (Wildman–Crippen MR) is 69.3 cm³/mol. The molecule has 5 nitrogen and oxygen atoms in total. The lowest BCUT2D eigenvalue weighted by molar-refractivity contribution is 0.0931. The topological polar surface area (TPSA) is 58.1 Å². The molecule has 1 N–H and O–H groups in total. The molecule has 0 aromatic carbocycles. The van der Waals surface area contributed by atoms with Crippen LogP contribution in [0.4, 0.5) is 0 Å². The second-order valence-electron chi connectivity index (χ2n) is 4.61. The van der Waals surface area contributed by atoms with E-state index in [0.29, 0.717) is 18.3 Å². The summed E-state index contributed by atoms with van der Waals surface area (Å²) in [5.74, 6) is -0.138. The largest absolute Gasteiger partial charge is 0.349 e. The molecule has 0 unspecified atom stereocenters. The van der Waals surface area contributed by atoms with Crippen molar-refractivity contribution in [1.82, 2.24) is 20.2 Å². The van der Waals surface area contributed by atoms with Crippen LogP contribution in [0.1, 0.15) is 36.7 Å². The summed E-state index contributed by atoms with van der Waals surface area (Å²) in [6, 6.07) is 0.438. The summed E-state index contributed by atoms with van der Waals surface area (Å²) in [7, 11) is 0. The van der Waals surface area contributed by atoms with Gasteiger partial charge in [-0.05, 0) is 32.4 Å². The molecule has 98 valence electrons. The van der Waals surface area contributed by atoms with Gasteiger partial charge in [0.2, 0.25) is 0 Å². The molecule has 2 heterocycles. The van der Waals surface area contributed by atoms with Crippen LogP contribution in [-0.4, -0.2) is 46.5 Å². The van der Waals surface area contributed by atoms with E-state index in [1.807, 2.05) is 0 Å². The zero-order chi connectivity index (χ0) is 12.8. The van der Waals surface area contributed by atoms with Crippen molar-refractivity contribution in [3.63, 3.8) is 0 Å². The van der Waals surface area contributed by atoms with Crippen LogP contribution in [0.2, 0.25) is 0 Å². The summed E-state index contributed by atoms with van der Waals surface area (Å²) in [6.07, 6.45) is 8.19. The van der Waals surface area contributed by atoms with Crippen LogP contribution in [0, 0.1) is 0 Å². The van der Waals surface area contributed by atoms with Crippen molar-refractivity contribution in [3.8, 4) is 0 Å². The Morgan fingerprint density at radius 2 is 2.22 bits per heavy atom. The summed E-state index contributed by atoms with van der Waals surface area (Å²) in [4.78, 5) is 22.2. The maximum Gasteiger partial charge on any atom is 0.271 e. The maximum absolute atomic E-state index is 11.8. The molecule has 0 radical (unpaired) electrons. The van der Waals surface area contributed by atoms with E-state index in [1.54, 1.807) is 6.20 Å². The molecule has 5 heteroatoms. The monoisotopic (exact) mass is 248 g/mol. The molecule has 1 fully saturated rings. The van der Waals surface area contributed by atoms with Crippen molar-refractivity contribution in [3.05, 3.63) is 24.3 Å². The van der Waals surface area contributed by atoms with Crippen LogP contribution in [0.15, 0.2) is 18.6 Å². The molecule has 0 aliphatic carbocycles. The number of likely N-dealkylation sites (tertiary alicyclic amines) is 1. The van der Waals surface area contributed by atoms with E-state index in [2.05, 4.69) is 27.1 Å². The van der Waals surface area contributed by atoms with Gasteiger partial charge in [-0.25, -0.2) is 4.98 Å². The van der Waals surface area contributed by atoms with Gasteiger partial charge in [0.05, 0.1) is 6.20 Å². The summed E-state index contributed by atoms with van der Waals surface area (Å²) in [5.41, 5.74) is 0.383. The molecule has 1 aliphatic rings. The fourth-order valence-electron chi connectivity index (χ4n) is 2.36. The number of carbonyl (C=O) groups is 1. The third kappa shape index (κ3) is 3.26. The van der Waals surface area contributed by atoms with Gasteiger partial charge in [-0.15, -0.1) is 0 Å². The molecule has 1 aliphatic heterocycles. The molecule has 0 spiro atoms. The van der Waals surface area contributed by atoms with Crippen LogP contribution < -0.4 is 5.32 Å². The Balaban J connectivity index is 1.84. The summed E-state index contributed by atoms with van der Waals surface area (Å²) in [5, 5.41) is 2.94. The van der Waals surface area contributed by atoms with Crippen molar-refractivity contribution in [2.75, 3.05) is 19.6 Å². The quantitative estimate of drug-likeness (QED) is 0.847. The van der Waals surface area contributed by atoms with Gasteiger partial charge in [-0.2, -0.15) is 0 Å². The van der Waals surface area contributed by atoms with Gasteiger partial charge >= 0.3 is 0 Å². The minimum Gasteiger partial charge on any atom is -0.349 e. The van der Waals surface area contributed by atoms with E-state index < -0.39 is 0 Å². The zero-order valence-electron chi connectivity index (χ0n) is 10.8. The van der Waals surface area contributed by atoms with Gasteiger partial charge in [-0.1, -0.05) is 6.92 Å². The van der Waals surface area contributed by atoms with Crippen LogP contribution in [0.25, 0.3) is 0 Å². The lowest BCUT2D eigenvalue weighted by Gasteiger charge is -2.26. The fourth-order valence-corrected chi connectivity index (χ4v) is 2.36. The lowest BCUT2D eigenvalue weighted by atomic mass is 10.2. The third-order valence-corrected chi connectivity index (χ3v) is 3.42. The first-order chi connectivity index (χ1) is 8.81. The number of nitrogens with zero attached hydrogens (tertiary/aromatic N) is 3. The van der Waals surface area contributed by atoms with Gasteiger partial charge in [0.25, 0.3) is 5.91 Å². The number of rotatable bonds is 5. The minimum atomic E-state index is -0.138. The summed E-state index contributed by atoms with van der Waals surface area (Å²) >= 11 is 0. The maximum atomic E-state index is 11.8. The highest BCUT2D eigenvalue weighted by Crippen LogP contribution is 2.13. The number of hydrogen-bond donors (Lipinski definition) is 1. The fraction of sp³-hybridized carbons (Fsp3) is 0.615. The van der Waals surface area contributed by atoms with Crippen molar-refractivity contribution >= 4 is 5.91 Å². The average molecular weight is 248 g/mol. The van der Waals surface area contributed by atoms with Gasteiger partial charge in [0.1, 0.15) is 5.69 Å². The molecule has 1 saturated heterocycles. The Labute approximate surface area is 108 Å². The van der Waals surface area contributed by atoms with Crippen LogP contribution in [0.5, 0.6) is 0 Å². The van der Waals surface area contributed by atoms with E-state index in [1.165, 1.54) is 25.2 Å². The average Bonchev–Trinajstić information content (AvgIpc) is 2.94. The number of hydrogen-bond acceptors (Lipinski definition) is 4. The van der Waals surface area contributed by atoms with E-state index in [9.17, 15) is 4.79 Å². The van der Waals surface area contributed by atoms with E-state index in [4.69, 9.17) is 0 Å². The lowest BCUT2D eigenvalue weighted by Crippen LogP contribution is -2.42. The minimum absolute atomic E-state index is 0.138. The third-order valence-electron chi connectivity index (χ3n) is 3.42. The Morgan fingerprint density at radius 3 is 2.83 bits per heavy atom. The van der Waals surface area contributed by atoms with Crippen molar-refractivity contribution in [1.29, 1.82) is 0 Å². The number of nitrogens with one attached hydrogen (secondary N) is 1. The Kier molecular flexibility index (Phi) is 4.64. The molecule has 1 atom stereocenters. The van der Waals surface area contributed by atoms with E-state index in [-0.39, 0.29) is 5.91 Å². The number of aromatic nitrogens is 2. The normalized spacial score (nSPS) is 17.6. The van der Waals surface area contributed by atoms with Gasteiger partial charge < -0.3 is 5.32 Å². The van der Waals surface area contributed by atoms with Gasteiger partial charge in [-0.3, -0.25) is 14.7 Å². The molecule has 2 rings (SSSR count). The van der Waals surface area contributed by atoms with Crippen molar-refractivity contribution in [2.24, 2.45) is 0 Å². The first-order valence-electron chi connectivity index (χ1n) is 6.59. The zero-order valence-corrected chi connectivity index (χ0v) is 10.8. The SMILES string of the molecule is CC[C@@H](CNC(=O)c1cnccn1)N1CCCC1. The van der Waals surface area contributed by atoms with Crippen LogP contribution in [0.3, 0.4) is 0 Å². The molecule has 1 aromatic rings. The number of carbonyl (C=O) groups excluding carboxylic acids is 1. The van der Waals surface area contributed by atoms with Crippen LogP contribution >= 0.6 is 0 Å².